The van der Waals surface area contributed by atoms with E-state index in [1.807, 2.05) is 0 Å². The maximum Gasteiger partial charge on any atom is 0.306 e. The van der Waals surface area contributed by atoms with Crippen LogP contribution in [0.5, 0.6) is 0 Å². The third-order valence-corrected chi connectivity index (χ3v) is 16.3. The van der Waals surface area contributed by atoms with E-state index in [4.69, 9.17) is 14.2 Å². The summed E-state index contributed by atoms with van der Waals surface area (Å²) >= 11 is 0. The van der Waals surface area contributed by atoms with Crippen LogP contribution in [0.1, 0.15) is 393 Å². The number of ether oxygens (including phenoxy) is 3. The van der Waals surface area contributed by atoms with Gasteiger partial charge < -0.3 is 14.2 Å². The monoisotopic (exact) mass is 1140 g/mol. The zero-order chi connectivity index (χ0) is 58.5. The zero-order valence-corrected chi connectivity index (χ0v) is 54.6. The summed E-state index contributed by atoms with van der Waals surface area (Å²) < 4.78 is 16.9. The van der Waals surface area contributed by atoms with Crippen LogP contribution in [0.2, 0.25) is 0 Å². The Morgan fingerprint density at radius 1 is 0.259 bits per heavy atom. The SMILES string of the molecule is CC/C=C\C/C=C\C/C=C\C/C=C\CCCCCCCCCCC(=O)OC(COC(=O)CCCCCCCCC)COC(=O)CCCCCCCCCCCCCCCCCCCCCCCCCCCCCCCCCCCCC. The summed E-state index contributed by atoms with van der Waals surface area (Å²) in [7, 11) is 0. The molecule has 0 rings (SSSR count). The fourth-order valence-electron chi connectivity index (χ4n) is 11.0. The van der Waals surface area contributed by atoms with Crippen molar-refractivity contribution >= 4 is 17.9 Å². The molecule has 0 saturated heterocycles. The maximum atomic E-state index is 12.9. The minimum Gasteiger partial charge on any atom is -0.462 e. The summed E-state index contributed by atoms with van der Waals surface area (Å²) in [5.41, 5.74) is 0. The molecular formula is C75H138O6. The number of carbonyl (C=O) groups is 3. The predicted molar refractivity (Wildman–Crippen MR) is 353 cm³/mol. The number of hydrogen-bond acceptors (Lipinski definition) is 6. The second kappa shape index (κ2) is 69.9. The van der Waals surface area contributed by atoms with Gasteiger partial charge in [0.25, 0.3) is 0 Å². The molecule has 0 aromatic heterocycles. The molecule has 0 spiro atoms. The van der Waals surface area contributed by atoms with Crippen LogP contribution < -0.4 is 0 Å². The lowest BCUT2D eigenvalue weighted by molar-refractivity contribution is -0.167. The molecular weight excluding hydrogens is 997 g/mol. The molecule has 0 bridgehead atoms. The fourth-order valence-corrected chi connectivity index (χ4v) is 11.0. The van der Waals surface area contributed by atoms with Crippen LogP contribution >= 0.6 is 0 Å². The lowest BCUT2D eigenvalue weighted by Crippen LogP contribution is -2.30. The first kappa shape index (κ1) is 78.4. The van der Waals surface area contributed by atoms with Gasteiger partial charge in [0, 0.05) is 19.3 Å². The molecule has 0 saturated carbocycles. The van der Waals surface area contributed by atoms with Gasteiger partial charge in [0.1, 0.15) is 13.2 Å². The molecule has 1 unspecified atom stereocenters. The first-order chi connectivity index (χ1) is 40.0. The van der Waals surface area contributed by atoms with Crippen molar-refractivity contribution in [1.29, 1.82) is 0 Å². The van der Waals surface area contributed by atoms with Crippen LogP contribution in [0.15, 0.2) is 48.6 Å². The molecule has 81 heavy (non-hydrogen) atoms. The summed E-state index contributed by atoms with van der Waals surface area (Å²) in [6.45, 7) is 6.54. The molecule has 0 radical (unpaired) electrons. The quantitative estimate of drug-likeness (QED) is 0.0261. The van der Waals surface area contributed by atoms with Crippen molar-refractivity contribution in [2.24, 2.45) is 0 Å². The number of allylic oxidation sites excluding steroid dienone is 8. The molecule has 474 valence electrons. The van der Waals surface area contributed by atoms with E-state index in [0.29, 0.717) is 19.3 Å². The van der Waals surface area contributed by atoms with Gasteiger partial charge in [-0.15, -0.1) is 0 Å². The Balaban J connectivity index is 3.94. The Hall–Kier alpha value is -2.63. The van der Waals surface area contributed by atoms with Gasteiger partial charge in [-0.05, 0) is 57.8 Å². The third-order valence-electron chi connectivity index (χ3n) is 16.3. The molecule has 0 amide bonds. The summed E-state index contributed by atoms with van der Waals surface area (Å²) in [5.74, 6) is -0.865. The molecule has 1 atom stereocenters. The van der Waals surface area contributed by atoms with E-state index in [1.54, 1.807) is 0 Å². The Bertz CT molecular complexity index is 1400. The van der Waals surface area contributed by atoms with Crippen LogP contribution in [0.25, 0.3) is 0 Å². The van der Waals surface area contributed by atoms with E-state index in [-0.39, 0.29) is 31.1 Å². The summed E-state index contributed by atoms with van der Waals surface area (Å²) in [4.78, 5) is 38.2. The van der Waals surface area contributed by atoms with Gasteiger partial charge in [-0.25, -0.2) is 0 Å². The van der Waals surface area contributed by atoms with Crippen molar-refractivity contribution in [1.82, 2.24) is 0 Å². The van der Waals surface area contributed by atoms with Crippen LogP contribution in [0.3, 0.4) is 0 Å². The number of esters is 3. The number of hydrogen-bond donors (Lipinski definition) is 0. The summed E-state index contributed by atoms with van der Waals surface area (Å²) in [6, 6.07) is 0. The van der Waals surface area contributed by atoms with E-state index in [9.17, 15) is 14.4 Å². The molecule has 0 aliphatic heterocycles. The summed E-state index contributed by atoms with van der Waals surface area (Å²) in [6.07, 6.45) is 89.1. The highest BCUT2D eigenvalue weighted by Gasteiger charge is 2.19. The smallest absolute Gasteiger partial charge is 0.306 e. The van der Waals surface area contributed by atoms with Gasteiger partial charge in [-0.3, -0.25) is 14.4 Å². The lowest BCUT2D eigenvalue weighted by Gasteiger charge is -2.18. The highest BCUT2D eigenvalue weighted by atomic mass is 16.6. The lowest BCUT2D eigenvalue weighted by atomic mass is 10.0. The second-order valence-corrected chi connectivity index (χ2v) is 24.5. The molecule has 0 aromatic carbocycles. The minimum absolute atomic E-state index is 0.0722. The van der Waals surface area contributed by atoms with Crippen molar-refractivity contribution in [3.8, 4) is 0 Å². The van der Waals surface area contributed by atoms with Gasteiger partial charge in [0.2, 0.25) is 0 Å². The van der Waals surface area contributed by atoms with Crippen LogP contribution in [0.4, 0.5) is 0 Å². The van der Waals surface area contributed by atoms with E-state index in [0.717, 1.165) is 89.9 Å². The van der Waals surface area contributed by atoms with Crippen LogP contribution in [-0.4, -0.2) is 37.2 Å². The topological polar surface area (TPSA) is 78.9 Å². The van der Waals surface area contributed by atoms with Gasteiger partial charge in [-0.1, -0.05) is 365 Å². The predicted octanol–water partition coefficient (Wildman–Crippen LogP) is 24.9. The zero-order valence-electron chi connectivity index (χ0n) is 54.6. The molecule has 0 N–H and O–H groups in total. The normalized spacial score (nSPS) is 12.3. The van der Waals surface area contributed by atoms with E-state index in [1.165, 1.54) is 263 Å². The molecule has 0 aliphatic rings. The van der Waals surface area contributed by atoms with Crippen molar-refractivity contribution < 1.29 is 28.6 Å². The Labute approximate surface area is 505 Å². The molecule has 0 fully saturated rings. The highest BCUT2D eigenvalue weighted by Crippen LogP contribution is 2.19. The van der Waals surface area contributed by atoms with Gasteiger partial charge >= 0.3 is 17.9 Å². The van der Waals surface area contributed by atoms with Gasteiger partial charge in [-0.2, -0.15) is 0 Å². The first-order valence-corrected chi connectivity index (χ1v) is 36.1. The fraction of sp³-hybridized carbons (Fsp3) is 0.853. The number of unbranched alkanes of at least 4 members (excludes halogenated alkanes) is 48. The maximum absolute atomic E-state index is 12.9. The largest absolute Gasteiger partial charge is 0.462 e. The van der Waals surface area contributed by atoms with Gasteiger partial charge in [0.15, 0.2) is 6.10 Å². The molecule has 0 aromatic rings. The summed E-state index contributed by atoms with van der Waals surface area (Å²) in [5, 5.41) is 0. The van der Waals surface area contributed by atoms with Crippen molar-refractivity contribution in [2.45, 2.75) is 399 Å². The molecule has 6 nitrogen and oxygen atoms in total. The van der Waals surface area contributed by atoms with Crippen molar-refractivity contribution in [2.75, 3.05) is 13.2 Å². The Kier molecular flexibility index (Phi) is 67.6. The molecule has 6 heteroatoms. The van der Waals surface area contributed by atoms with E-state index in [2.05, 4.69) is 69.4 Å². The third kappa shape index (κ3) is 68.0. The molecule has 0 heterocycles. The van der Waals surface area contributed by atoms with E-state index < -0.39 is 6.10 Å². The van der Waals surface area contributed by atoms with Gasteiger partial charge in [0.05, 0.1) is 0 Å². The Morgan fingerprint density at radius 2 is 0.481 bits per heavy atom. The van der Waals surface area contributed by atoms with Crippen LogP contribution in [-0.2, 0) is 28.6 Å². The first-order valence-electron chi connectivity index (χ1n) is 36.1. The average Bonchev–Trinajstić information content (AvgIpc) is 3.47. The standard InChI is InChI=1S/C75H138O6/c1-4-7-10-13-16-18-20-22-24-26-28-30-31-32-33-34-35-36-37-38-39-40-41-42-43-45-46-48-50-52-54-56-59-62-65-68-74(77)80-71-72(70-79-73(76)67-64-61-58-15-12-9-6-3)81-75(78)69-66-63-60-57-55-53-51-49-47-44-29-27-25-23-21-19-17-14-11-8-5-2/h8,11,17,19,23,25,29,44,72H,4-7,9-10,12-16,18,20-22,24,26-28,30-43,45-71H2,1-3H3/b11-8-,19-17-,25-23-,44-29-. The highest BCUT2D eigenvalue weighted by molar-refractivity contribution is 5.71. The van der Waals surface area contributed by atoms with Crippen molar-refractivity contribution in [3.63, 3.8) is 0 Å². The molecule has 0 aliphatic carbocycles. The van der Waals surface area contributed by atoms with Crippen LogP contribution in [0, 0.1) is 0 Å². The minimum atomic E-state index is -0.774. The Morgan fingerprint density at radius 3 is 0.753 bits per heavy atom. The second-order valence-electron chi connectivity index (χ2n) is 24.5. The number of carbonyl (C=O) groups excluding carboxylic acids is 3. The number of rotatable bonds is 67. The van der Waals surface area contributed by atoms with E-state index >= 15 is 0 Å². The van der Waals surface area contributed by atoms with Crippen molar-refractivity contribution in [3.05, 3.63) is 48.6 Å². The average molecular weight is 1140 g/mol.